The van der Waals surface area contributed by atoms with E-state index in [0.717, 1.165) is 55.6 Å². The van der Waals surface area contributed by atoms with Gasteiger partial charge in [-0.05, 0) is 0 Å². The molecule has 3 N–H and O–H groups in total. The second-order valence-electron chi connectivity index (χ2n) is 10.2. The first-order chi connectivity index (χ1) is 20.2. The van der Waals surface area contributed by atoms with Gasteiger partial charge < -0.3 is 10.7 Å². The molecule has 0 amide bonds. The van der Waals surface area contributed by atoms with Crippen LogP contribution >= 0.6 is 0 Å². The van der Waals surface area contributed by atoms with Crippen LogP contribution in [0.5, 0.6) is 0 Å². The van der Waals surface area contributed by atoms with Crippen LogP contribution in [0.3, 0.4) is 0 Å². The summed E-state index contributed by atoms with van der Waals surface area (Å²) in [4.78, 5) is 33.5. The molecule has 0 radical (unpaired) electrons. The molecule has 192 valence electrons. The highest BCUT2D eigenvalue weighted by Gasteiger charge is 2.35. The zero-order valence-corrected chi connectivity index (χ0v) is 21.6. The van der Waals surface area contributed by atoms with Crippen molar-refractivity contribution in [2.75, 3.05) is 0 Å². The summed E-state index contributed by atoms with van der Waals surface area (Å²) in [6.45, 7) is 0. The molecule has 8 bridgehead atoms. The monoisotopic (exact) mass is 528 g/mol. The van der Waals surface area contributed by atoms with Crippen LogP contribution in [0.2, 0.25) is 0 Å². The molecular formula is C33H20N8. The highest BCUT2D eigenvalue weighted by Crippen LogP contribution is 2.37. The molecular weight excluding hydrogens is 508 g/mol. The standard InChI is InChI=1S/C33H20N8/c34-25-26-17-9-1-2-10-18(17)27(25)36-29-20-12-4-6-14-22(20)31(38-29)40-33-24-16-8-7-15-23(24)32(41-33)39-30-21-13-5-3-11-19(21)28(35-26)37-30/h1-16,25H,34H2,(H,35,36,37,38,39,40,41). The third-order valence-corrected chi connectivity index (χ3v) is 7.87. The minimum atomic E-state index is -0.558. The summed E-state index contributed by atoms with van der Waals surface area (Å²) in [5, 5.41) is 1.89. The lowest BCUT2D eigenvalue weighted by atomic mass is 10.1. The van der Waals surface area contributed by atoms with Gasteiger partial charge in [0, 0.05) is 44.2 Å². The number of amidine groups is 4. The van der Waals surface area contributed by atoms with E-state index in [4.69, 9.17) is 35.7 Å². The smallest absolute Gasteiger partial charge is 0.164 e. The van der Waals surface area contributed by atoms with Gasteiger partial charge in [0.2, 0.25) is 0 Å². The van der Waals surface area contributed by atoms with Crippen molar-refractivity contribution < 1.29 is 0 Å². The molecule has 0 saturated heterocycles. The molecule has 3 aliphatic heterocycles. The van der Waals surface area contributed by atoms with E-state index in [1.807, 2.05) is 97.1 Å². The Labute approximate surface area is 234 Å². The molecule has 4 aromatic carbocycles. The van der Waals surface area contributed by atoms with E-state index in [9.17, 15) is 0 Å². The fourth-order valence-corrected chi connectivity index (χ4v) is 5.94. The summed E-state index contributed by atoms with van der Waals surface area (Å²) in [6, 6.07) is 31.6. The second kappa shape index (κ2) is 8.20. The molecule has 5 aromatic rings. The number of fused-ring (bicyclic) bond motifs is 18. The number of nitrogens with zero attached hydrogens (tertiary/aromatic N) is 6. The van der Waals surface area contributed by atoms with Gasteiger partial charge in [-0.15, -0.1) is 0 Å². The van der Waals surface area contributed by atoms with E-state index in [-0.39, 0.29) is 0 Å². The summed E-state index contributed by atoms with van der Waals surface area (Å²) in [7, 11) is 0. The maximum atomic E-state index is 6.90. The van der Waals surface area contributed by atoms with Crippen molar-refractivity contribution in [3.63, 3.8) is 0 Å². The van der Waals surface area contributed by atoms with Crippen molar-refractivity contribution in [3.8, 4) is 0 Å². The topological polar surface area (TPSA) is 116 Å². The minimum Gasteiger partial charge on any atom is -0.324 e. The number of benzene rings is 4. The summed E-state index contributed by atoms with van der Waals surface area (Å²) in [5.74, 6) is 3.67. The number of nitrogens with two attached hydrogens (primary N) is 1. The van der Waals surface area contributed by atoms with Crippen LogP contribution in [0, 0.1) is 0 Å². The number of nitrogens with one attached hydrogen (secondary N) is 1. The Hall–Kier alpha value is -5.60. The van der Waals surface area contributed by atoms with Crippen LogP contribution < -0.4 is 5.73 Å². The molecule has 4 aliphatic rings. The zero-order valence-electron chi connectivity index (χ0n) is 21.6. The fourth-order valence-electron chi connectivity index (χ4n) is 5.94. The molecule has 8 nitrogen and oxygen atoms in total. The van der Waals surface area contributed by atoms with Crippen molar-refractivity contribution in [2.45, 2.75) is 6.04 Å². The lowest BCUT2D eigenvalue weighted by Crippen LogP contribution is -2.34. The molecule has 0 fully saturated rings. The number of H-pyrrole nitrogens is 1. The van der Waals surface area contributed by atoms with E-state index < -0.39 is 6.04 Å². The van der Waals surface area contributed by atoms with Crippen LogP contribution in [0.1, 0.15) is 33.4 Å². The molecule has 0 atom stereocenters. The van der Waals surface area contributed by atoms with Gasteiger partial charge in [0.1, 0.15) is 11.6 Å². The van der Waals surface area contributed by atoms with Crippen LogP contribution in [0.15, 0.2) is 127 Å². The van der Waals surface area contributed by atoms with Gasteiger partial charge in [-0.25, -0.2) is 30.0 Å². The molecule has 0 spiro atoms. The molecule has 4 heterocycles. The summed E-state index contributed by atoms with van der Waals surface area (Å²) in [6.07, 6.45) is 0. The Morgan fingerprint density at radius 2 is 0.756 bits per heavy atom. The Morgan fingerprint density at radius 1 is 0.415 bits per heavy atom. The van der Waals surface area contributed by atoms with Crippen LogP contribution in [0.25, 0.3) is 10.8 Å². The lowest BCUT2D eigenvalue weighted by Gasteiger charge is -2.07. The third-order valence-electron chi connectivity index (χ3n) is 7.87. The molecule has 0 saturated carbocycles. The SMILES string of the molecule is NC1C2=NC3=NC(=Nc4[nH]c(c5ccccc45)N=C4N=C(N=C1c1ccccc12)c1ccccc14)c1ccccc13. The number of aromatic nitrogens is 1. The number of rotatable bonds is 0. The van der Waals surface area contributed by atoms with Gasteiger partial charge in [-0.1, -0.05) is 97.1 Å². The predicted octanol–water partition coefficient (Wildman–Crippen LogP) is 5.48. The van der Waals surface area contributed by atoms with Gasteiger partial charge in [0.15, 0.2) is 23.3 Å². The van der Waals surface area contributed by atoms with Crippen molar-refractivity contribution in [3.05, 3.63) is 130 Å². The van der Waals surface area contributed by atoms with Gasteiger partial charge >= 0.3 is 0 Å². The highest BCUT2D eigenvalue weighted by atomic mass is 15.1. The summed E-state index contributed by atoms with van der Waals surface area (Å²) >= 11 is 0. The van der Waals surface area contributed by atoms with E-state index in [1.165, 1.54) is 0 Å². The van der Waals surface area contributed by atoms with Crippen molar-refractivity contribution in [2.24, 2.45) is 35.7 Å². The van der Waals surface area contributed by atoms with E-state index in [0.29, 0.717) is 35.0 Å². The van der Waals surface area contributed by atoms with Crippen molar-refractivity contribution in [1.29, 1.82) is 0 Å². The zero-order chi connectivity index (χ0) is 27.1. The highest BCUT2D eigenvalue weighted by molar-refractivity contribution is 6.38. The van der Waals surface area contributed by atoms with Crippen molar-refractivity contribution >= 4 is 57.2 Å². The number of hydrogen-bond acceptors (Lipinski definition) is 7. The summed E-state index contributed by atoms with van der Waals surface area (Å²) < 4.78 is 0. The Balaban J connectivity index is 1.39. The predicted molar refractivity (Wildman–Crippen MR) is 164 cm³/mol. The Morgan fingerprint density at radius 3 is 1.17 bits per heavy atom. The molecule has 41 heavy (non-hydrogen) atoms. The summed E-state index contributed by atoms with van der Waals surface area (Å²) in [5.41, 5.74) is 13.9. The van der Waals surface area contributed by atoms with Crippen LogP contribution in [-0.4, -0.2) is 45.8 Å². The average molecular weight is 529 g/mol. The first kappa shape index (κ1) is 22.2. The number of hydrogen-bond donors (Lipinski definition) is 2. The maximum Gasteiger partial charge on any atom is 0.164 e. The normalized spacial score (nSPS) is 18.0. The minimum absolute atomic E-state index is 0.558. The van der Waals surface area contributed by atoms with Crippen LogP contribution in [-0.2, 0) is 0 Å². The Bertz CT molecular complexity index is 2020. The Kier molecular flexibility index (Phi) is 4.45. The first-order valence-corrected chi connectivity index (χ1v) is 13.4. The van der Waals surface area contributed by atoms with Gasteiger partial charge in [0.05, 0.1) is 17.5 Å². The number of aliphatic imine (C=N–C) groups is 6. The largest absolute Gasteiger partial charge is 0.324 e. The average Bonchev–Trinajstić information content (AvgIpc) is 3.72. The lowest BCUT2D eigenvalue weighted by molar-refractivity contribution is 1.15. The van der Waals surface area contributed by atoms with Crippen LogP contribution in [0.4, 0.5) is 11.6 Å². The van der Waals surface area contributed by atoms with E-state index in [2.05, 4.69) is 4.98 Å². The van der Waals surface area contributed by atoms with Gasteiger partial charge in [-0.2, -0.15) is 0 Å². The molecule has 0 unspecified atom stereocenters. The molecule has 8 heteroatoms. The van der Waals surface area contributed by atoms with Crippen molar-refractivity contribution in [1.82, 2.24) is 4.98 Å². The quantitative estimate of drug-likeness (QED) is 0.272. The number of aromatic amines is 1. The first-order valence-electron chi connectivity index (χ1n) is 13.4. The van der Waals surface area contributed by atoms with Gasteiger partial charge in [0.25, 0.3) is 0 Å². The molecule has 1 aliphatic carbocycles. The second-order valence-corrected chi connectivity index (χ2v) is 10.2. The fraction of sp³-hybridized carbons (Fsp3) is 0.0303. The van der Waals surface area contributed by atoms with E-state index >= 15 is 0 Å². The van der Waals surface area contributed by atoms with Gasteiger partial charge in [-0.3, -0.25) is 0 Å². The molecule has 1 aromatic heterocycles. The maximum absolute atomic E-state index is 6.90. The third kappa shape index (κ3) is 3.19. The molecule has 9 rings (SSSR count). The van der Waals surface area contributed by atoms with E-state index in [1.54, 1.807) is 0 Å².